The summed E-state index contributed by atoms with van der Waals surface area (Å²) < 4.78 is 57.6. The van der Waals surface area contributed by atoms with Crippen LogP contribution in [0, 0.1) is 71.1 Å². The van der Waals surface area contributed by atoms with Crippen LogP contribution in [0.25, 0.3) is 0 Å². The van der Waals surface area contributed by atoms with Crippen LogP contribution in [0.1, 0.15) is 64.4 Å². The Morgan fingerprint density at radius 3 is 1.37 bits per heavy atom. The zero-order chi connectivity index (χ0) is 65.7. The lowest BCUT2D eigenvalue weighted by atomic mass is 9.90. The van der Waals surface area contributed by atoms with Crippen LogP contribution in [0.3, 0.4) is 0 Å². The number of carbonyl (C=O) groups is 6. The van der Waals surface area contributed by atoms with Gasteiger partial charge in [0.1, 0.15) is 42.0 Å². The van der Waals surface area contributed by atoms with Crippen LogP contribution in [0.2, 0.25) is 0 Å². The molecule has 476 valence electrons. The predicted molar refractivity (Wildman–Crippen MR) is 304 cm³/mol. The zero-order valence-electron chi connectivity index (χ0n) is 45.6. The van der Waals surface area contributed by atoms with E-state index in [-0.39, 0.29) is 54.3 Å². The van der Waals surface area contributed by atoms with E-state index in [9.17, 15) is 84.5 Å². The van der Waals surface area contributed by atoms with Crippen molar-refractivity contribution in [3.05, 3.63) is 137 Å². The van der Waals surface area contributed by atoms with Crippen molar-refractivity contribution in [3.63, 3.8) is 0 Å². The molecule has 89 heavy (non-hydrogen) atoms. The smallest absolute Gasteiger partial charge is 0.479 e. The van der Waals surface area contributed by atoms with Crippen LogP contribution in [0.15, 0.2) is 84.9 Å². The van der Waals surface area contributed by atoms with Gasteiger partial charge in [-0.05, 0) is 36.4 Å². The molecule has 4 aromatic rings. The molecule has 0 bridgehead atoms. The van der Waals surface area contributed by atoms with Crippen molar-refractivity contribution >= 4 is 90.2 Å². The molecule has 4 N–H and O–H groups in total. The van der Waals surface area contributed by atoms with Crippen molar-refractivity contribution in [2.45, 2.75) is 109 Å². The molecular formula is C53H52N4O29S3. The largest absolute Gasteiger partial charge is 0.514 e. The number of carbonyl (C=O) groups excluding carboxylic acids is 5. The van der Waals surface area contributed by atoms with E-state index in [1.807, 2.05) is 0 Å². The SMILES string of the molecule is C.C#CC[C@H](OC(=O)Oc1ccc([N+](=O)[O-])cc1)c1ccc(O[C@@H]2O[C@H](C(=O)O)[C@@H](O)[C@H](O)[C@H]2O)c([N+](=O)[O-])c1.C#CC[C@H](OC(=O)Oc1ccc([N+](=O)[O-])cc1)c1ccc(O[C@@H]2O[C@H](C(=O)OC)[C@@H](C)[C@H](OC(C)=O)[C@H]2OC(C)=O)c([N+](=O)[O-])c1.S=S=S. The fourth-order valence-electron chi connectivity index (χ4n) is 7.90. The number of carboxylic acid groups (broad SMARTS) is 1. The number of carboxylic acids is 1. The highest BCUT2D eigenvalue weighted by atomic mass is 33.1. The highest BCUT2D eigenvalue weighted by Gasteiger charge is 2.53. The van der Waals surface area contributed by atoms with Gasteiger partial charge in [0.05, 0.1) is 39.6 Å². The Hall–Kier alpha value is -9.92. The molecule has 0 aromatic heterocycles. The number of non-ortho nitro benzene ring substituents is 2. The molecule has 36 heteroatoms. The summed E-state index contributed by atoms with van der Waals surface area (Å²) in [6, 6.07) is 15.6. The number of aliphatic hydroxyl groups is 3. The van der Waals surface area contributed by atoms with Crippen LogP contribution in [-0.4, -0.2) is 139 Å². The quantitative estimate of drug-likeness (QED) is 0.0219. The second-order valence-corrected chi connectivity index (χ2v) is 19.5. The summed E-state index contributed by atoms with van der Waals surface area (Å²) in [5.41, 5.74) is -1.81. The van der Waals surface area contributed by atoms with Gasteiger partial charge >= 0.3 is 47.6 Å². The third-order valence-corrected chi connectivity index (χ3v) is 11.9. The topological polar surface area (TPSA) is 457 Å². The summed E-state index contributed by atoms with van der Waals surface area (Å²) in [6.07, 6.45) is -10.5. The number of nitro groups is 4. The molecule has 6 rings (SSSR count). The first-order valence-corrected chi connectivity index (χ1v) is 27.2. The second kappa shape index (κ2) is 34.4. The van der Waals surface area contributed by atoms with Crippen LogP contribution in [0.4, 0.5) is 32.3 Å². The Kier molecular flexibility index (Phi) is 28.4. The van der Waals surface area contributed by atoms with E-state index in [4.69, 9.17) is 70.1 Å². The van der Waals surface area contributed by atoms with Gasteiger partial charge in [0.15, 0.2) is 29.8 Å². The Balaban J connectivity index is 0.000000446. The average Bonchev–Trinajstić information content (AvgIpc) is 2.65. The van der Waals surface area contributed by atoms with Crippen molar-refractivity contribution in [1.82, 2.24) is 0 Å². The minimum Gasteiger partial charge on any atom is -0.479 e. The first-order valence-electron chi connectivity index (χ1n) is 24.5. The minimum atomic E-state index is -2.00. The Morgan fingerprint density at radius 1 is 0.618 bits per heavy atom. The summed E-state index contributed by atoms with van der Waals surface area (Å²) in [5.74, 6) is -1.63. The maximum atomic E-state index is 12.5. The van der Waals surface area contributed by atoms with E-state index in [2.05, 4.69) is 34.2 Å². The number of esters is 3. The molecule has 2 heterocycles. The standard InChI is InChI=1S/C29H28N2O15.C23H20N2O14.CH4.S3/c1-6-7-22(45-29(35)43-20-11-9-19(10-12-20)30(36)37)18-8-13-23(21(14-18)31(38)39)44-28-26(42-17(4)33)24(41-16(3)32)15(2)25(46-28)27(34)40-5;1-2-3-15(38-23(31)36-13-7-5-12(6-8-13)24(32)33)11-4-9-16(14(10-11)25(34)35)37-22-19(28)17(26)18(27)20(39-22)21(29)30;;1-3-2/h1,8-15,22,24-26,28H,7H2,2-5H3;1,4-10,15,17-20,22,26-28H,3H2,(H,29,30);1H4;/t15-,22-,24-,25-,26+,28+;15-,17-,18-,19+,20-,22+;;/m00../s1. The van der Waals surface area contributed by atoms with E-state index in [0.29, 0.717) is 0 Å². The number of ether oxygens (including phenoxy) is 11. The molecule has 33 nitrogen and oxygen atoms in total. The maximum Gasteiger partial charge on any atom is 0.514 e. The monoisotopic (exact) mass is 1300 g/mol. The van der Waals surface area contributed by atoms with Gasteiger partial charge in [0.25, 0.3) is 11.4 Å². The highest BCUT2D eigenvalue weighted by molar-refractivity contribution is 8.37. The number of hydrogen-bond donors (Lipinski definition) is 4. The molecule has 0 amide bonds. The molecule has 2 aliphatic rings. The highest BCUT2D eigenvalue weighted by Crippen LogP contribution is 2.39. The van der Waals surface area contributed by atoms with E-state index in [0.717, 1.165) is 90.5 Å². The van der Waals surface area contributed by atoms with E-state index in [1.54, 1.807) is 0 Å². The van der Waals surface area contributed by atoms with Crippen LogP contribution >= 0.6 is 0 Å². The third-order valence-electron chi connectivity index (χ3n) is 11.9. The zero-order valence-corrected chi connectivity index (χ0v) is 48.0. The van der Waals surface area contributed by atoms with Gasteiger partial charge in [-0.15, -0.1) is 24.7 Å². The number of methoxy groups -OCH3 is 1. The number of terminal acetylenes is 2. The second-order valence-electron chi connectivity index (χ2n) is 17.7. The molecule has 2 fully saturated rings. The number of aliphatic hydroxyl groups excluding tert-OH is 3. The molecular weight excluding hydrogens is 1250 g/mol. The number of rotatable bonds is 20. The van der Waals surface area contributed by atoms with Crippen molar-refractivity contribution in [1.29, 1.82) is 0 Å². The molecule has 4 aromatic carbocycles. The molecule has 2 aliphatic heterocycles. The molecule has 0 aliphatic carbocycles. The molecule has 0 unspecified atom stereocenters. The van der Waals surface area contributed by atoms with Gasteiger partial charge in [0.2, 0.25) is 18.7 Å². The first-order chi connectivity index (χ1) is 41.6. The fourth-order valence-corrected chi connectivity index (χ4v) is 7.90. The Labute approximate surface area is 515 Å². The molecule has 0 spiro atoms. The fraction of sp³-hybridized carbons (Fsp3) is 0.358. The summed E-state index contributed by atoms with van der Waals surface area (Å²) in [4.78, 5) is 115. The van der Waals surface area contributed by atoms with Gasteiger partial charge in [-0.3, -0.25) is 50.0 Å². The van der Waals surface area contributed by atoms with Gasteiger partial charge in [-0.1, -0.05) is 26.5 Å². The molecule has 2 saturated heterocycles. The number of nitro benzene ring substituents is 4. The van der Waals surface area contributed by atoms with Crippen LogP contribution in [-0.2, 0) is 83.6 Å². The van der Waals surface area contributed by atoms with Crippen LogP contribution < -0.4 is 18.9 Å². The maximum absolute atomic E-state index is 12.5. The van der Waals surface area contributed by atoms with Crippen molar-refractivity contribution in [3.8, 4) is 47.7 Å². The summed E-state index contributed by atoms with van der Waals surface area (Å²) in [6.45, 7) is 3.64. The van der Waals surface area contributed by atoms with Gasteiger partial charge in [0, 0.05) is 98.5 Å². The minimum absolute atomic E-state index is 0. The van der Waals surface area contributed by atoms with E-state index in [1.165, 1.54) is 31.2 Å². The van der Waals surface area contributed by atoms with Crippen molar-refractivity contribution < 1.29 is 121 Å². The predicted octanol–water partition coefficient (Wildman–Crippen LogP) is 5.24. The number of nitrogens with zero attached hydrogens (tertiary/aromatic N) is 4. The number of aliphatic carboxylic acids is 1. The van der Waals surface area contributed by atoms with Crippen LogP contribution in [0.5, 0.6) is 23.0 Å². The summed E-state index contributed by atoms with van der Waals surface area (Å²) in [7, 11) is 2.01. The van der Waals surface area contributed by atoms with Gasteiger partial charge in [-0.25, -0.2) is 19.2 Å². The van der Waals surface area contributed by atoms with Gasteiger partial charge < -0.3 is 72.5 Å². The Morgan fingerprint density at radius 2 is 1.01 bits per heavy atom. The molecule has 0 saturated carbocycles. The first kappa shape index (κ1) is 73.3. The molecule has 0 radical (unpaired) electrons. The van der Waals surface area contributed by atoms with Crippen molar-refractivity contribution in [2.75, 3.05) is 7.11 Å². The molecule has 12 atom stereocenters. The van der Waals surface area contributed by atoms with Crippen molar-refractivity contribution in [2.24, 2.45) is 5.92 Å². The lowest BCUT2D eigenvalue weighted by molar-refractivity contribution is -0.387. The third kappa shape index (κ3) is 20.6. The Bertz CT molecular complexity index is 3370. The number of benzene rings is 4. The summed E-state index contributed by atoms with van der Waals surface area (Å²) >= 11 is 8.25. The lowest BCUT2D eigenvalue weighted by Crippen LogP contribution is -2.61. The van der Waals surface area contributed by atoms with E-state index >= 15 is 0 Å². The lowest BCUT2D eigenvalue weighted by Gasteiger charge is -2.42. The van der Waals surface area contributed by atoms with E-state index < -0.39 is 152 Å². The summed E-state index contributed by atoms with van der Waals surface area (Å²) in [5, 5.41) is 84.4. The number of hydrogen-bond acceptors (Lipinski definition) is 30. The average molecular weight is 1310 g/mol. The normalized spacial score (nSPS) is 21.1. The van der Waals surface area contributed by atoms with Gasteiger partial charge in [-0.2, -0.15) is 0 Å².